The Morgan fingerprint density at radius 2 is 2.11 bits per heavy atom. The summed E-state index contributed by atoms with van der Waals surface area (Å²) >= 11 is 0. The fourth-order valence-corrected chi connectivity index (χ4v) is 1.78. The third-order valence-corrected chi connectivity index (χ3v) is 3.14. The van der Waals surface area contributed by atoms with Crippen molar-refractivity contribution in [3.05, 3.63) is 0 Å². The molecule has 0 saturated heterocycles. The van der Waals surface area contributed by atoms with Crippen LogP contribution in [0.3, 0.4) is 0 Å². The number of rotatable bonds is 5. The Hall–Kier alpha value is -1.92. The molecule has 1 aliphatic heterocycles. The first-order valence-corrected chi connectivity index (χ1v) is 6.23. The summed E-state index contributed by atoms with van der Waals surface area (Å²) < 4.78 is 0. The van der Waals surface area contributed by atoms with Crippen LogP contribution in [-0.4, -0.2) is 58.1 Å². The molecule has 0 saturated carbocycles. The van der Waals surface area contributed by atoms with E-state index in [1.165, 1.54) is 11.9 Å². The maximum absolute atomic E-state index is 12.3. The topological polar surface area (TPSA) is 90.3 Å². The van der Waals surface area contributed by atoms with E-state index >= 15 is 0 Å². The van der Waals surface area contributed by atoms with Crippen molar-refractivity contribution in [3.63, 3.8) is 0 Å². The number of carboxylic acid groups (broad SMARTS) is 1. The molecule has 1 N–H and O–H groups in total. The van der Waals surface area contributed by atoms with Gasteiger partial charge in [0.1, 0.15) is 12.3 Å². The zero-order valence-electron chi connectivity index (χ0n) is 11.4. The summed E-state index contributed by atoms with van der Waals surface area (Å²) in [5.41, 5.74) is 0.239. The van der Waals surface area contributed by atoms with Crippen molar-refractivity contribution < 1.29 is 19.5 Å². The molecule has 1 unspecified atom stereocenters. The molecule has 19 heavy (non-hydrogen) atoms. The van der Waals surface area contributed by atoms with Crippen LogP contribution in [0.2, 0.25) is 0 Å². The fraction of sp³-hybridized carbons (Fsp3) is 0.667. The van der Waals surface area contributed by atoms with Gasteiger partial charge in [0, 0.05) is 25.9 Å². The van der Waals surface area contributed by atoms with Crippen LogP contribution in [-0.2, 0) is 14.4 Å². The summed E-state index contributed by atoms with van der Waals surface area (Å²) in [6.07, 6.45) is 1.14. The van der Waals surface area contributed by atoms with E-state index < -0.39 is 11.9 Å². The Bertz CT molecular complexity index is 419. The standard InChI is InChI=1S/C12H19N3O4/c1-4-8(2)15(7-11(17)18)12(19)9-5-6-10(16)14(3)13-9/h8H,4-7H2,1-3H3,(H,17,18). The number of carbonyl (C=O) groups excluding carboxylic acids is 2. The first-order valence-electron chi connectivity index (χ1n) is 6.23. The zero-order chi connectivity index (χ0) is 14.6. The number of hydrazone groups is 1. The SMILES string of the molecule is CCC(C)N(CC(=O)O)C(=O)C1=NN(C)C(=O)CC1. The lowest BCUT2D eigenvalue weighted by molar-refractivity contribution is -0.143. The van der Waals surface area contributed by atoms with Crippen molar-refractivity contribution in [2.45, 2.75) is 39.2 Å². The van der Waals surface area contributed by atoms with Gasteiger partial charge in [-0.1, -0.05) is 6.92 Å². The second-order valence-electron chi connectivity index (χ2n) is 4.55. The monoisotopic (exact) mass is 269 g/mol. The molecule has 7 nitrogen and oxygen atoms in total. The summed E-state index contributed by atoms with van der Waals surface area (Å²) in [6, 6.07) is -0.186. The van der Waals surface area contributed by atoms with Crippen LogP contribution in [0.5, 0.6) is 0 Å². The summed E-state index contributed by atoms with van der Waals surface area (Å²) in [4.78, 5) is 35.7. The van der Waals surface area contributed by atoms with Gasteiger partial charge in [-0.25, -0.2) is 5.01 Å². The largest absolute Gasteiger partial charge is 0.480 e. The van der Waals surface area contributed by atoms with Crippen molar-refractivity contribution in [3.8, 4) is 0 Å². The molecule has 0 aliphatic carbocycles. The lowest BCUT2D eigenvalue weighted by Crippen LogP contribution is -2.47. The molecule has 0 aromatic carbocycles. The summed E-state index contributed by atoms with van der Waals surface area (Å²) in [5.74, 6) is -1.62. The van der Waals surface area contributed by atoms with Crippen molar-refractivity contribution in [2.75, 3.05) is 13.6 Å². The Morgan fingerprint density at radius 1 is 1.47 bits per heavy atom. The number of amides is 2. The molecule has 0 bridgehead atoms. The minimum absolute atomic E-state index is 0.148. The van der Waals surface area contributed by atoms with Crippen LogP contribution in [0, 0.1) is 0 Å². The molecule has 0 aromatic heterocycles. The summed E-state index contributed by atoms with van der Waals surface area (Å²) in [5, 5.41) is 13.9. The van der Waals surface area contributed by atoms with E-state index in [1.54, 1.807) is 6.92 Å². The highest BCUT2D eigenvalue weighted by molar-refractivity contribution is 6.39. The molecular weight excluding hydrogens is 250 g/mol. The maximum atomic E-state index is 12.3. The summed E-state index contributed by atoms with van der Waals surface area (Å²) in [6.45, 7) is 3.31. The Labute approximate surface area is 111 Å². The van der Waals surface area contributed by atoms with Gasteiger partial charge in [0.2, 0.25) is 5.91 Å². The molecule has 0 fully saturated rings. The third-order valence-electron chi connectivity index (χ3n) is 3.14. The Kier molecular flexibility index (Phi) is 5.02. The molecule has 0 radical (unpaired) electrons. The van der Waals surface area contributed by atoms with Gasteiger partial charge in [0.25, 0.3) is 5.91 Å². The molecular formula is C12H19N3O4. The molecule has 1 aliphatic rings. The van der Waals surface area contributed by atoms with Gasteiger partial charge in [-0.2, -0.15) is 5.10 Å². The first kappa shape index (κ1) is 15.1. The molecule has 7 heteroatoms. The van der Waals surface area contributed by atoms with Crippen molar-refractivity contribution >= 4 is 23.5 Å². The zero-order valence-corrected chi connectivity index (χ0v) is 11.4. The van der Waals surface area contributed by atoms with Crippen LogP contribution in [0.25, 0.3) is 0 Å². The normalized spacial score (nSPS) is 16.9. The van der Waals surface area contributed by atoms with Crippen LogP contribution in [0.4, 0.5) is 0 Å². The van der Waals surface area contributed by atoms with Crippen LogP contribution < -0.4 is 0 Å². The van der Waals surface area contributed by atoms with Gasteiger partial charge in [0.15, 0.2) is 0 Å². The summed E-state index contributed by atoms with van der Waals surface area (Å²) in [7, 11) is 1.49. The number of nitrogens with zero attached hydrogens (tertiary/aromatic N) is 3. The molecule has 106 valence electrons. The molecule has 0 aromatic rings. The third kappa shape index (κ3) is 3.77. The molecule has 1 atom stereocenters. The second-order valence-corrected chi connectivity index (χ2v) is 4.55. The molecule has 0 spiro atoms. The van der Waals surface area contributed by atoms with E-state index in [1.807, 2.05) is 6.92 Å². The molecule has 1 heterocycles. The molecule has 2 amide bonds. The van der Waals surface area contributed by atoms with E-state index in [0.717, 1.165) is 5.01 Å². The van der Waals surface area contributed by atoms with Crippen LogP contribution in [0.15, 0.2) is 5.10 Å². The minimum atomic E-state index is -1.06. The predicted octanol–water partition coefficient (Wildman–Crippen LogP) is 0.306. The Morgan fingerprint density at radius 3 is 2.58 bits per heavy atom. The number of carboxylic acids is 1. The average molecular weight is 269 g/mol. The predicted molar refractivity (Wildman–Crippen MR) is 68.5 cm³/mol. The van der Waals surface area contributed by atoms with Gasteiger partial charge >= 0.3 is 5.97 Å². The number of aliphatic carboxylic acids is 1. The maximum Gasteiger partial charge on any atom is 0.323 e. The van der Waals surface area contributed by atoms with E-state index in [-0.39, 0.29) is 37.0 Å². The fourth-order valence-electron chi connectivity index (χ4n) is 1.78. The van der Waals surface area contributed by atoms with Crippen LogP contribution >= 0.6 is 0 Å². The average Bonchev–Trinajstić information content (AvgIpc) is 2.37. The van der Waals surface area contributed by atoms with Crippen molar-refractivity contribution in [1.82, 2.24) is 9.91 Å². The number of carbonyl (C=O) groups is 3. The van der Waals surface area contributed by atoms with Crippen molar-refractivity contribution in [2.24, 2.45) is 5.10 Å². The van der Waals surface area contributed by atoms with Crippen molar-refractivity contribution in [1.29, 1.82) is 0 Å². The minimum Gasteiger partial charge on any atom is -0.480 e. The lowest BCUT2D eigenvalue weighted by Gasteiger charge is -2.29. The Balaban J connectivity index is 2.90. The molecule has 1 rings (SSSR count). The number of hydrogen-bond donors (Lipinski definition) is 1. The highest BCUT2D eigenvalue weighted by Gasteiger charge is 2.29. The van der Waals surface area contributed by atoms with Gasteiger partial charge < -0.3 is 10.0 Å². The highest BCUT2D eigenvalue weighted by Crippen LogP contribution is 2.12. The highest BCUT2D eigenvalue weighted by atomic mass is 16.4. The van der Waals surface area contributed by atoms with Crippen LogP contribution in [0.1, 0.15) is 33.1 Å². The quantitative estimate of drug-likeness (QED) is 0.777. The van der Waals surface area contributed by atoms with E-state index in [9.17, 15) is 14.4 Å². The van der Waals surface area contributed by atoms with E-state index in [2.05, 4.69) is 5.10 Å². The van der Waals surface area contributed by atoms with Gasteiger partial charge in [-0.3, -0.25) is 14.4 Å². The lowest BCUT2D eigenvalue weighted by atomic mass is 10.1. The van der Waals surface area contributed by atoms with Gasteiger partial charge in [0.05, 0.1) is 0 Å². The van der Waals surface area contributed by atoms with E-state index in [4.69, 9.17) is 5.11 Å². The van der Waals surface area contributed by atoms with E-state index in [0.29, 0.717) is 6.42 Å². The first-order chi connectivity index (χ1) is 8.86. The second kappa shape index (κ2) is 6.31. The van der Waals surface area contributed by atoms with Gasteiger partial charge in [-0.15, -0.1) is 0 Å². The number of hydrogen-bond acceptors (Lipinski definition) is 4. The van der Waals surface area contributed by atoms with Gasteiger partial charge in [-0.05, 0) is 13.3 Å². The smallest absolute Gasteiger partial charge is 0.323 e.